The number of carboxylic acids is 1. The Morgan fingerprint density at radius 1 is 1.57 bits per heavy atom. The summed E-state index contributed by atoms with van der Waals surface area (Å²) in [6, 6.07) is 5.90. The van der Waals surface area contributed by atoms with Crippen molar-refractivity contribution in [1.29, 1.82) is 0 Å². The summed E-state index contributed by atoms with van der Waals surface area (Å²) in [5.41, 5.74) is 0. The van der Waals surface area contributed by atoms with Crippen LogP contribution in [0, 0.1) is 11.7 Å². The Labute approximate surface area is 81.1 Å². The van der Waals surface area contributed by atoms with Crippen molar-refractivity contribution < 1.29 is 19.0 Å². The number of para-hydroxylation sites is 1. The van der Waals surface area contributed by atoms with Crippen LogP contribution in [0.1, 0.15) is 6.92 Å². The van der Waals surface area contributed by atoms with E-state index in [-0.39, 0.29) is 12.4 Å². The van der Waals surface area contributed by atoms with Gasteiger partial charge < -0.3 is 9.84 Å². The first kappa shape index (κ1) is 10.5. The van der Waals surface area contributed by atoms with Crippen molar-refractivity contribution in [2.24, 2.45) is 5.92 Å². The van der Waals surface area contributed by atoms with Crippen LogP contribution in [0.2, 0.25) is 0 Å². The number of carbonyl (C=O) groups is 1. The lowest BCUT2D eigenvalue weighted by Crippen LogP contribution is -2.18. The van der Waals surface area contributed by atoms with Gasteiger partial charge in [-0.15, -0.1) is 0 Å². The van der Waals surface area contributed by atoms with Crippen LogP contribution in [0.4, 0.5) is 4.39 Å². The number of carboxylic acid groups (broad SMARTS) is 1. The molecule has 1 unspecified atom stereocenters. The number of ether oxygens (including phenoxy) is 1. The van der Waals surface area contributed by atoms with E-state index in [0.717, 1.165) is 0 Å². The van der Waals surface area contributed by atoms with Crippen LogP contribution in [0.5, 0.6) is 5.75 Å². The number of halogens is 1. The van der Waals surface area contributed by atoms with Gasteiger partial charge in [-0.25, -0.2) is 4.39 Å². The highest BCUT2D eigenvalue weighted by molar-refractivity contribution is 5.69. The standard InChI is InChI=1S/C10H11FO3/c1-7(10(12)13)6-14-9-5-3-2-4-8(9)11/h2-5,7H,6H2,1H3,(H,12,13). The van der Waals surface area contributed by atoms with Crippen LogP contribution < -0.4 is 4.74 Å². The normalized spacial score (nSPS) is 12.1. The molecule has 3 nitrogen and oxygen atoms in total. The van der Waals surface area contributed by atoms with Crippen molar-refractivity contribution in [3.8, 4) is 5.75 Å². The summed E-state index contributed by atoms with van der Waals surface area (Å²) in [6.45, 7) is 1.47. The van der Waals surface area contributed by atoms with Crippen LogP contribution in [0.15, 0.2) is 24.3 Å². The highest BCUT2D eigenvalue weighted by Gasteiger charge is 2.12. The zero-order valence-corrected chi connectivity index (χ0v) is 7.74. The summed E-state index contributed by atoms with van der Waals surface area (Å²) in [5, 5.41) is 8.56. The van der Waals surface area contributed by atoms with Gasteiger partial charge in [-0.05, 0) is 19.1 Å². The topological polar surface area (TPSA) is 46.5 Å². The summed E-state index contributed by atoms with van der Waals surface area (Å²) in [6.07, 6.45) is 0. The van der Waals surface area contributed by atoms with Gasteiger partial charge in [0.2, 0.25) is 0 Å². The van der Waals surface area contributed by atoms with Crippen LogP contribution in [-0.4, -0.2) is 17.7 Å². The lowest BCUT2D eigenvalue weighted by Gasteiger charge is -2.09. The van der Waals surface area contributed by atoms with Gasteiger partial charge in [0.05, 0.1) is 5.92 Å². The molecule has 1 rings (SSSR count). The van der Waals surface area contributed by atoms with Crippen LogP contribution in [0.25, 0.3) is 0 Å². The molecule has 4 heteroatoms. The van der Waals surface area contributed by atoms with Gasteiger partial charge >= 0.3 is 5.97 Å². The molecule has 0 fully saturated rings. The molecule has 0 saturated heterocycles. The largest absolute Gasteiger partial charge is 0.490 e. The highest BCUT2D eigenvalue weighted by Crippen LogP contribution is 2.16. The van der Waals surface area contributed by atoms with Crippen LogP contribution in [0.3, 0.4) is 0 Å². The molecule has 0 aromatic heterocycles. The number of benzene rings is 1. The van der Waals surface area contributed by atoms with Crippen molar-refractivity contribution in [2.45, 2.75) is 6.92 Å². The Morgan fingerprint density at radius 2 is 2.21 bits per heavy atom. The van der Waals surface area contributed by atoms with E-state index in [4.69, 9.17) is 9.84 Å². The fourth-order valence-electron chi connectivity index (χ4n) is 0.848. The van der Waals surface area contributed by atoms with Gasteiger partial charge in [-0.2, -0.15) is 0 Å². The SMILES string of the molecule is CC(COc1ccccc1F)C(=O)O. The van der Waals surface area contributed by atoms with Crippen LogP contribution >= 0.6 is 0 Å². The molecule has 0 radical (unpaired) electrons. The molecule has 0 saturated carbocycles. The Bertz CT molecular complexity index is 325. The molecular formula is C10H11FO3. The second-order valence-electron chi connectivity index (χ2n) is 2.98. The summed E-state index contributed by atoms with van der Waals surface area (Å²) in [7, 11) is 0. The number of hydrogen-bond donors (Lipinski definition) is 1. The zero-order valence-electron chi connectivity index (χ0n) is 7.74. The second kappa shape index (κ2) is 4.60. The first-order valence-electron chi connectivity index (χ1n) is 4.21. The van der Waals surface area contributed by atoms with Gasteiger partial charge in [0.1, 0.15) is 6.61 Å². The van der Waals surface area contributed by atoms with Gasteiger partial charge in [0.15, 0.2) is 11.6 Å². The second-order valence-corrected chi connectivity index (χ2v) is 2.98. The summed E-state index contributed by atoms with van der Waals surface area (Å²) in [4.78, 5) is 10.4. The maximum absolute atomic E-state index is 13.0. The minimum Gasteiger partial charge on any atom is -0.490 e. The Hall–Kier alpha value is -1.58. The molecule has 76 valence electrons. The Morgan fingerprint density at radius 3 is 2.79 bits per heavy atom. The molecule has 0 amide bonds. The van der Waals surface area contributed by atoms with E-state index in [0.29, 0.717) is 0 Å². The lowest BCUT2D eigenvalue weighted by molar-refractivity contribution is -0.142. The first-order chi connectivity index (χ1) is 6.61. The lowest BCUT2D eigenvalue weighted by atomic mass is 10.2. The highest BCUT2D eigenvalue weighted by atomic mass is 19.1. The molecule has 0 bridgehead atoms. The minimum absolute atomic E-state index is 0.0315. The third kappa shape index (κ3) is 2.73. The van der Waals surface area contributed by atoms with Gasteiger partial charge in [0, 0.05) is 0 Å². The van der Waals surface area contributed by atoms with E-state index in [9.17, 15) is 9.18 Å². The quantitative estimate of drug-likeness (QED) is 0.804. The predicted molar refractivity (Wildman–Crippen MR) is 48.7 cm³/mol. The Kier molecular flexibility index (Phi) is 3.45. The summed E-state index contributed by atoms with van der Waals surface area (Å²) in [5.74, 6) is -2.00. The smallest absolute Gasteiger partial charge is 0.309 e. The van der Waals surface area contributed by atoms with Gasteiger partial charge in [0.25, 0.3) is 0 Å². The number of rotatable bonds is 4. The zero-order chi connectivity index (χ0) is 10.6. The molecule has 1 N–H and O–H groups in total. The number of aliphatic carboxylic acids is 1. The van der Waals surface area contributed by atoms with Crippen molar-refractivity contribution in [1.82, 2.24) is 0 Å². The predicted octanol–water partition coefficient (Wildman–Crippen LogP) is 1.93. The van der Waals surface area contributed by atoms with Gasteiger partial charge in [-0.1, -0.05) is 12.1 Å². The molecule has 1 aromatic carbocycles. The molecule has 0 heterocycles. The molecule has 0 aliphatic carbocycles. The average Bonchev–Trinajstić information content (AvgIpc) is 2.16. The van der Waals surface area contributed by atoms with Gasteiger partial charge in [-0.3, -0.25) is 4.79 Å². The van der Waals surface area contributed by atoms with E-state index in [1.165, 1.54) is 19.1 Å². The summed E-state index contributed by atoms with van der Waals surface area (Å²) < 4.78 is 18.0. The molecule has 14 heavy (non-hydrogen) atoms. The summed E-state index contributed by atoms with van der Waals surface area (Å²) >= 11 is 0. The monoisotopic (exact) mass is 198 g/mol. The van der Waals surface area contributed by atoms with Crippen molar-refractivity contribution >= 4 is 5.97 Å². The molecule has 1 aromatic rings. The fourth-order valence-corrected chi connectivity index (χ4v) is 0.848. The van der Waals surface area contributed by atoms with Crippen molar-refractivity contribution in [3.63, 3.8) is 0 Å². The third-order valence-corrected chi connectivity index (χ3v) is 1.75. The van der Waals surface area contributed by atoms with E-state index in [1.54, 1.807) is 12.1 Å². The van der Waals surface area contributed by atoms with Crippen molar-refractivity contribution in [2.75, 3.05) is 6.61 Å². The van der Waals surface area contributed by atoms with E-state index in [1.807, 2.05) is 0 Å². The maximum Gasteiger partial charge on any atom is 0.309 e. The average molecular weight is 198 g/mol. The van der Waals surface area contributed by atoms with Crippen molar-refractivity contribution in [3.05, 3.63) is 30.1 Å². The molecule has 1 atom stereocenters. The molecule has 0 spiro atoms. The van der Waals surface area contributed by atoms with E-state index >= 15 is 0 Å². The maximum atomic E-state index is 13.0. The van der Waals surface area contributed by atoms with E-state index in [2.05, 4.69) is 0 Å². The molecular weight excluding hydrogens is 187 g/mol. The minimum atomic E-state index is -0.957. The molecule has 0 aliphatic rings. The first-order valence-corrected chi connectivity index (χ1v) is 4.21. The van der Waals surface area contributed by atoms with Crippen LogP contribution in [-0.2, 0) is 4.79 Å². The molecule has 0 aliphatic heterocycles. The fraction of sp³-hybridized carbons (Fsp3) is 0.300. The Balaban J connectivity index is 2.54. The van der Waals surface area contributed by atoms with E-state index < -0.39 is 17.7 Å². The number of hydrogen-bond acceptors (Lipinski definition) is 2. The third-order valence-electron chi connectivity index (χ3n) is 1.75.